The Hall–Kier alpha value is -3.10. The van der Waals surface area contributed by atoms with Crippen LogP contribution in [0.4, 0.5) is 14.5 Å². The third-order valence-corrected chi connectivity index (χ3v) is 4.72. The Bertz CT molecular complexity index is 955. The van der Waals surface area contributed by atoms with Crippen LogP contribution >= 0.6 is 0 Å². The molecule has 1 heterocycles. The van der Waals surface area contributed by atoms with Crippen molar-refractivity contribution in [2.75, 3.05) is 45.4 Å². The lowest BCUT2D eigenvalue weighted by Gasteiger charge is -2.25. The van der Waals surface area contributed by atoms with Gasteiger partial charge in [0.15, 0.2) is 0 Å². The Morgan fingerprint density at radius 2 is 1.53 bits per heavy atom. The lowest BCUT2D eigenvalue weighted by molar-refractivity contribution is -0.120. The molecule has 30 heavy (non-hydrogen) atoms. The zero-order chi connectivity index (χ0) is 21.7. The SMILES string of the molecule is COCCN(CCOC)C1=C(c2ccccc2)C(=O)N(c2cc(F)ccc2F)C1=O. The van der Waals surface area contributed by atoms with Crippen LogP contribution in [0.25, 0.3) is 5.57 Å². The summed E-state index contributed by atoms with van der Waals surface area (Å²) in [5.74, 6) is -3.06. The molecule has 8 heteroatoms. The Kier molecular flexibility index (Phi) is 6.91. The molecule has 158 valence electrons. The highest BCUT2D eigenvalue weighted by molar-refractivity contribution is 6.45. The molecule has 0 spiro atoms. The molecule has 2 amide bonds. The molecule has 0 aromatic heterocycles. The van der Waals surface area contributed by atoms with Gasteiger partial charge in [0.25, 0.3) is 11.8 Å². The maximum Gasteiger partial charge on any atom is 0.282 e. The van der Waals surface area contributed by atoms with Crippen molar-refractivity contribution < 1.29 is 27.8 Å². The van der Waals surface area contributed by atoms with Gasteiger partial charge in [0.05, 0.1) is 24.5 Å². The monoisotopic (exact) mass is 416 g/mol. The number of anilines is 1. The first kappa shape index (κ1) is 21.6. The van der Waals surface area contributed by atoms with E-state index in [1.54, 1.807) is 35.2 Å². The van der Waals surface area contributed by atoms with Crippen molar-refractivity contribution in [3.05, 3.63) is 71.4 Å². The number of halogens is 2. The second-order valence-corrected chi connectivity index (χ2v) is 6.60. The van der Waals surface area contributed by atoms with Gasteiger partial charge in [0.2, 0.25) is 0 Å². The van der Waals surface area contributed by atoms with E-state index in [0.29, 0.717) is 36.8 Å². The van der Waals surface area contributed by atoms with Gasteiger partial charge in [-0.25, -0.2) is 13.7 Å². The maximum absolute atomic E-state index is 14.4. The summed E-state index contributed by atoms with van der Waals surface area (Å²) in [7, 11) is 3.05. The summed E-state index contributed by atoms with van der Waals surface area (Å²) in [5.41, 5.74) is 0.303. The molecule has 0 aliphatic carbocycles. The summed E-state index contributed by atoms with van der Waals surface area (Å²) < 4.78 is 38.5. The zero-order valence-corrected chi connectivity index (χ0v) is 16.7. The molecular weight excluding hydrogens is 394 g/mol. The highest BCUT2D eigenvalue weighted by Gasteiger charge is 2.43. The number of carbonyl (C=O) groups is 2. The molecule has 0 N–H and O–H groups in total. The van der Waals surface area contributed by atoms with E-state index in [2.05, 4.69) is 0 Å². The Morgan fingerprint density at radius 3 is 2.13 bits per heavy atom. The number of imide groups is 1. The van der Waals surface area contributed by atoms with Crippen molar-refractivity contribution in [1.82, 2.24) is 4.90 Å². The van der Waals surface area contributed by atoms with Crippen LogP contribution in [-0.2, 0) is 19.1 Å². The first-order valence-corrected chi connectivity index (χ1v) is 9.36. The number of hydrogen-bond acceptors (Lipinski definition) is 5. The quantitative estimate of drug-likeness (QED) is 0.589. The van der Waals surface area contributed by atoms with Gasteiger partial charge in [0, 0.05) is 33.4 Å². The number of ether oxygens (including phenoxy) is 2. The van der Waals surface area contributed by atoms with Gasteiger partial charge in [-0.05, 0) is 17.7 Å². The number of carbonyl (C=O) groups excluding carboxylic acids is 2. The van der Waals surface area contributed by atoms with Gasteiger partial charge in [-0.15, -0.1) is 0 Å². The summed E-state index contributed by atoms with van der Waals surface area (Å²) in [4.78, 5) is 29.0. The molecular formula is C22H22F2N2O4. The Balaban J connectivity index is 2.14. The third-order valence-electron chi connectivity index (χ3n) is 4.72. The Labute approximate surface area is 173 Å². The fourth-order valence-corrected chi connectivity index (χ4v) is 3.29. The van der Waals surface area contributed by atoms with E-state index < -0.39 is 29.1 Å². The molecule has 0 saturated heterocycles. The fraction of sp³-hybridized carbons (Fsp3) is 0.273. The highest BCUT2D eigenvalue weighted by Crippen LogP contribution is 2.35. The molecule has 0 unspecified atom stereocenters. The van der Waals surface area contributed by atoms with Gasteiger partial charge in [-0.2, -0.15) is 0 Å². The smallest absolute Gasteiger partial charge is 0.282 e. The second kappa shape index (κ2) is 9.60. The lowest BCUT2D eigenvalue weighted by atomic mass is 10.0. The molecule has 0 bridgehead atoms. The number of methoxy groups -OCH3 is 2. The number of nitrogens with zero attached hydrogens (tertiary/aromatic N) is 2. The second-order valence-electron chi connectivity index (χ2n) is 6.60. The van der Waals surface area contributed by atoms with Crippen LogP contribution in [0.3, 0.4) is 0 Å². The van der Waals surface area contributed by atoms with Crippen LogP contribution in [0.15, 0.2) is 54.2 Å². The third kappa shape index (κ3) is 4.24. The molecule has 0 fully saturated rings. The topological polar surface area (TPSA) is 59.1 Å². The predicted octanol–water partition coefficient (Wildman–Crippen LogP) is 2.84. The van der Waals surface area contributed by atoms with Gasteiger partial charge < -0.3 is 14.4 Å². The van der Waals surface area contributed by atoms with Crippen LogP contribution in [0.1, 0.15) is 5.56 Å². The minimum Gasteiger partial charge on any atom is -0.383 e. The number of benzene rings is 2. The fourth-order valence-electron chi connectivity index (χ4n) is 3.29. The van der Waals surface area contributed by atoms with Crippen molar-refractivity contribution in [2.24, 2.45) is 0 Å². The molecule has 1 aliphatic rings. The largest absolute Gasteiger partial charge is 0.383 e. The average molecular weight is 416 g/mol. The average Bonchev–Trinajstić information content (AvgIpc) is 3.01. The molecule has 1 aliphatic heterocycles. The summed E-state index contributed by atoms with van der Waals surface area (Å²) >= 11 is 0. The van der Waals surface area contributed by atoms with E-state index in [1.807, 2.05) is 0 Å². The molecule has 0 atom stereocenters. The normalized spacial score (nSPS) is 14.1. The van der Waals surface area contributed by atoms with Crippen LogP contribution in [-0.4, -0.2) is 57.2 Å². The number of rotatable bonds is 9. The summed E-state index contributed by atoms with van der Waals surface area (Å²) in [6, 6.07) is 11.3. The maximum atomic E-state index is 14.4. The summed E-state index contributed by atoms with van der Waals surface area (Å²) in [6.45, 7) is 1.21. The van der Waals surface area contributed by atoms with Crippen molar-refractivity contribution in [3.63, 3.8) is 0 Å². The van der Waals surface area contributed by atoms with Gasteiger partial charge in [0.1, 0.15) is 17.3 Å². The van der Waals surface area contributed by atoms with Crippen molar-refractivity contribution >= 4 is 23.1 Å². The van der Waals surface area contributed by atoms with Crippen LogP contribution < -0.4 is 4.90 Å². The molecule has 2 aromatic rings. The summed E-state index contributed by atoms with van der Waals surface area (Å²) in [5, 5.41) is 0. The van der Waals surface area contributed by atoms with Crippen LogP contribution in [0.5, 0.6) is 0 Å². The van der Waals surface area contributed by atoms with Gasteiger partial charge in [-0.1, -0.05) is 30.3 Å². The predicted molar refractivity (Wildman–Crippen MR) is 108 cm³/mol. The standard InChI is InChI=1S/C22H22F2N2O4/c1-29-12-10-25(11-13-30-2)20-19(15-6-4-3-5-7-15)21(27)26(22(20)28)18-14-16(23)8-9-17(18)24/h3-9,14H,10-13H2,1-2H3. The van der Waals surface area contributed by atoms with E-state index in [1.165, 1.54) is 14.2 Å². The first-order valence-electron chi connectivity index (χ1n) is 9.36. The van der Waals surface area contributed by atoms with Crippen LogP contribution in [0, 0.1) is 11.6 Å². The van der Waals surface area contributed by atoms with E-state index in [9.17, 15) is 18.4 Å². The first-order chi connectivity index (χ1) is 14.5. The van der Waals surface area contributed by atoms with E-state index >= 15 is 0 Å². The molecule has 0 saturated carbocycles. The number of amides is 2. The lowest BCUT2D eigenvalue weighted by Crippen LogP contribution is -2.38. The van der Waals surface area contributed by atoms with E-state index in [0.717, 1.165) is 18.2 Å². The van der Waals surface area contributed by atoms with E-state index in [4.69, 9.17) is 9.47 Å². The molecule has 3 rings (SSSR count). The van der Waals surface area contributed by atoms with E-state index in [-0.39, 0.29) is 11.3 Å². The van der Waals surface area contributed by atoms with Crippen molar-refractivity contribution in [2.45, 2.75) is 0 Å². The van der Waals surface area contributed by atoms with Crippen LogP contribution in [0.2, 0.25) is 0 Å². The summed E-state index contributed by atoms with van der Waals surface area (Å²) in [6.07, 6.45) is 0. The number of hydrogen-bond donors (Lipinski definition) is 0. The minimum absolute atomic E-state index is 0.101. The Morgan fingerprint density at radius 1 is 0.900 bits per heavy atom. The minimum atomic E-state index is -0.868. The molecule has 0 radical (unpaired) electrons. The van der Waals surface area contributed by atoms with Gasteiger partial charge >= 0.3 is 0 Å². The van der Waals surface area contributed by atoms with Crippen molar-refractivity contribution in [3.8, 4) is 0 Å². The van der Waals surface area contributed by atoms with Crippen molar-refractivity contribution in [1.29, 1.82) is 0 Å². The molecule has 6 nitrogen and oxygen atoms in total. The molecule has 2 aromatic carbocycles. The highest BCUT2D eigenvalue weighted by atomic mass is 19.1. The zero-order valence-electron chi connectivity index (χ0n) is 16.7. The van der Waals surface area contributed by atoms with Gasteiger partial charge in [-0.3, -0.25) is 9.59 Å².